The van der Waals surface area contributed by atoms with Crippen LogP contribution in [0.1, 0.15) is 70.8 Å². The molecular formula is C27H36O3. The molecule has 0 heterocycles. The van der Waals surface area contributed by atoms with Gasteiger partial charge in [0, 0.05) is 5.41 Å². The topological polar surface area (TPSA) is 46.5 Å². The standard InChI is InChI=1S/C27H36O3/c1-26-12-10-20(28)16-19(26)6-9-22-23(26)11-13-27(2)24(22)15-18(25(27)29)14-17-4-7-21(30-3)8-5-17/h4-5,7-8,14,19-20,22-24,28H,6,9-13,15-16H2,1-3H3/b18-14-/t19-,20+,22-,23+,24+,26-,27-/m0/s1. The molecule has 3 heteroatoms. The maximum absolute atomic E-state index is 13.5. The van der Waals surface area contributed by atoms with Gasteiger partial charge in [0.25, 0.3) is 0 Å². The number of carbonyl (C=O) groups is 1. The van der Waals surface area contributed by atoms with Gasteiger partial charge in [0.05, 0.1) is 13.2 Å². The first-order valence-corrected chi connectivity index (χ1v) is 11.9. The number of fused-ring (bicyclic) bond motifs is 5. The Morgan fingerprint density at radius 1 is 1.03 bits per heavy atom. The van der Waals surface area contributed by atoms with Gasteiger partial charge in [0.1, 0.15) is 5.75 Å². The van der Waals surface area contributed by atoms with E-state index in [4.69, 9.17) is 4.74 Å². The second kappa shape index (κ2) is 7.22. The van der Waals surface area contributed by atoms with Crippen LogP contribution in [0, 0.1) is 34.5 Å². The zero-order chi connectivity index (χ0) is 21.1. The third kappa shape index (κ3) is 2.99. The minimum absolute atomic E-state index is 0.0967. The van der Waals surface area contributed by atoms with Gasteiger partial charge in [-0.05, 0) is 110 Å². The molecule has 0 unspecified atom stereocenters. The SMILES string of the molecule is COc1ccc(/C=C2/C[C@@H]3[C@H]4CC[C@H]5C[C@H](O)CC[C@]5(C)[C@@H]4CC[C@]3(C)C2=O)cc1. The molecule has 4 saturated carbocycles. The van der Waals surface area contributed by atoms with Crippen LogP contribution in [0.15, 0.2) is 29.8 Å². The van der Waals surface area contributed by atoms with Crippen LogP contribution in [0.3, 0.4) is 0 Å². The third-order valence-corrected chi connectivity index (χ3v) is 9.73. The first kappa shape index (κ1) is 20.3. The molecule has 0 amide bonds. The molecule has 0 saturated heterocycles. The molecule has 0 radical (unpaired) electrons. The van der Waals surface area contributed by atoms with E-state index in [1.54, 1.807) is 7.11 Å². The summed E-state index contributed by atoms with van der Waals surface area (Å²) < 4.78 is 5.27. The molecule has 0 bridgehead atoms. The summed E-state index contributed by atoms with van der Waals surface area (Å²) in [6, 6.07) is 8.03. The highest BCUT2D eigenvalue weighted by Gasteiger charge is 2.61. The molecule has 1 N–H and O–H groups in total. The van der Waals surface area contributed by atoms with E-state index in [1.165, 1.54) is 19.3 Å². The number of methoxy groups -OCH3 is 1. The van der Waals surface area contributed by atoms with Crippen molar-refractivity contribution in [3.8, 4) is 5.75 Å². The predicted molar refractivity (Wildman–Crippen MR) is 119 cm³/mol. The Morgan fingerprint density at radius 2 is 1.80 bits per heavy atom. The van der Waals surface area contributed by atoms with Crippen molar-refractivity contribution in [2.24, 2.45) is 34.5 Å². The number of aliphatic hydroxyl groups is 1. The molecule has 1 aromatic rings. The van der Waals surface area contributed by atoms with Crippen molar-refractivity contribution >= 4 is 11.9 Å². The van der Waals surface area contributed by atoms with Gasteiger partial charge in [-0.25, -0.2) is 0 Å². The highest BCUT2D eigenvalue weighted by atomic mass is 16.5. The summed E-state index contributed by atoms with van der Waals surface area (Å²) in [5.74, 6) is 3.77. The average molecular weight is 409 g/mol. The maximum Gasteiger partial charge on any atom is 0.165 e. The summed E-state index contributed by atoms with van der Waals surface area (Å²) in [4.78, 5) is 13.5. The van der Waals surface area contributed by atoms with Gasteiger partial charge in [-0.2, -0.15) is 0 Å². The maximum atomic E-state index is 13.5. The Bertz CT molecular complexity index is 855. The second-order valence-electron chi connectivity index (χ2n) is 11.0. The van der Waals surface area contributed by atoms with E-state index in [1.807, 2.05) is 24.3 Å². The first-order valence-electron chi connectivity index (χ1n) is 11.9. The van der Waals surface area contributed by atoms with Crippen LogP contribution >= 0.6 is 0 Å². The molecule has 4 aliphatic carbocycles. The van der Waals surface area contributed by atoms with Gasteiger partial charge < -0.3 is 9.84 Å². The molecular weight excluding hydrogens is 372 g/mol. The minimum Gasteiger partial charge on any atom is -0.497 e. The van der Waals surface area contributed by atoms with Crippen molar-refractivity contribution in [2.45, 2.75) is 71.3 Å². The molecule has 3 nitrogen and oxygen atoms in total. The average Bonchev–Trinajstić information content (AvgIpc) is 3.00. The van der Waals surface area contributed by atoms with Crippen LogP contribution in [0.2, 0.25) is 0 Å². The molecule has 1 aromatic carbocycles. The Kier molecular flexibility index (Phi) is 4.89. The highest BCUT2D eigenvalue weighted by Crippen LogP contribution is 2.66. The summed E-state index contributed by atoms with van der Waals surface area (Å²) in [6.07, 6.45) is 10.8. The largest absolute Gasteiger partial charge is 0.497 e. The van der Waals surface area contributed by atoms with Crippen molar-refractivity contribution < 1.29 is 14.6 Å². The quantitative estimate of drug-likeness (QED) is 0.642. The molecule has 30 heavy (non-hydrogen) atoms. The lowest BCUT2D eigenvalue weighted by atomic mass is 9.45. The van der Waals surface area contributed by atoms with Crippen molar-refractivity contribution in [1.29, 1.82) is 0 Å². The lowest BCUT2D eigenvalue weighted by molar-refractivity contribution is -0.141. The molecule has 5 rings (SSSR count). The molecule has 0 aliphatic heterocycles. The van der Waals surface area contributed by atoms with Crippen LogP contribution in [0.5, 0.6) is 5.75 Å². The van der Waals surface area contributed by atoms with Gasteiger partial charge in [-0.3, -0.25) is 4.79 Å². The fraction of sp³-hybridized carbons (Fsp3) is 0.667. The van der Waals surface area contributed by atoms with Crippen molar-refractivity contribution in [3.05, 3.63) is 35.4 Å². The Balaban J connectivity index is 1.42. The number of rotatable bonds is 2. The van der Waals surface area contributed by atoms with E-state index in [0.717, 1.165) is 54.9 Å². The number of ether oxygens (including phenoxy) is 1. The van der Waals surface area contributed by atoms with Gasteiger partial charge >= 0.3 is 0 Å². The first-order chi connectivity index (χ1) is 14.3. The van der Waals surface area contributed by atoms with E-state index in [2.05, 4.69) is 19.9 Å². The molecule has 7 atom stereocenters. The van der Waals surface area contributed by atoms with Crippen LogP contribution in [0.25, 0.3) is 6.08 Å². The third-order valence-electron chi connectivity index (χ3n) is 9.73. The number of carbonyl (C=O) groups excluding carboxylic acids is 1. The number of Topliss-reactive ketones (excluding diaryl/α,β-unsaturated/α-hetero) is 1. The van der Waals surface area contributed by atoms with Gasteiger partial charge in [-0.1, -0.05) is 26.0 Å². The van der Waals surface area contributed by atoms with E-state index in [0.29, 0.717) is 29.0 Å². The van der Waals surface area contributed by atoms with Gasteiger partial charge in [0.2, 0.25) is 0 Å². The smallest absolute Gasteiger partial charge is 0.165 e. The lowest BCUT2D eigenvalue weighted by Gasteiger charge is -2.59. The summed E-state index contributed by atoms with van der Waals surface area (Å²) in [5.41, 5.74) is 2.29. The van der Waals surface area contributed by atoms with Crippen LogP contribution in [0.4, 0.5) is 0 Å². The van der Waals surface area contributed by atoms with E-state index < -0.39 is 0 Å². The number of benzene rings is 1. The van der Waals surface area contributed by atoms with Crippen LogP contribution in [-0.2, 0) is 4.79 Å². The molecule has 0 spiro atoms. The van der Waals surface area contributed by atoms with E-state index in [9.17, 15) is 9.90 Å². The highest BCUT2D eigenvalue weighted by molar-refractivity contribution is 6.05. The summed E-state index contributed by atoms with van der Waals surface area (Å²) in [6.45, 7) is 4.76. The Labute approximate surface area is 180 Å². The molecule has 4 fully saturated rings. The zero-order valence-corrected chi connectivity index (χ0v) is 18.7. The normalized spacial score (nSPS) is 44.3. The predicted octanol–water partition coefficient (Wildman–Crippen LogP) is 5.66. The number of allylic oxidation sites excluding steroid dienone is 1. The summed E-state index contributed by atoms with van der Waals surface area (Å²) in [5, 5.41) is 10.2. The van der Waals surface area contributed by atoms with Crippen molar-refractivity contribution in [3.63, 3.8) is 0 Å². The fourth-order valence-electron chi connectivity index (χ4n) is 7.94. The number of hydrogen-bond donors (Lipinski definition) is 1. The Hall–Kier alpha value is -1.61. The van der Waals surface area contributed by atoms with Gasteiger partial charge in [0.15, 0.2) is 5.78 Å². The van der Waals surface area contributed by atoms with Crippen molar-refractivity contribution in [2.75, 3.05) is 7.11 Å². The molecule has 0 aromatic heterocycles. The van der Waals surface area contributed by atoms with Crippen molar-refractivity contribution in [1.82, 2.24) is 0 Å². The Morgan fingerprint density at radius 3 is 2.53 bits per heavy atom. The zero-order valence-electron chi connectivity index (χ0n) is 18.7. The second-order valence-corrected chi connectivity index (χ2v) is 11.0. The summed E-state index contributed by atoms with van der Waals surface area (Å²) in [7, 11) is 1.68. The monoisotopic (exact) mass is 408 g/mol. The fourth-order valence-corrected chi connectivity index (χ4v) is 7.94. The van der Waals surface area contributed by atoms with Crippen LogP contribution in [-0.4, -0.2) is 24.1 Å². The molecule has 4 aliphatic rings. The van der Waals surface area contributed by atoms with Gasteiger partial charge in [-0.15, -0.1) is 0 Å². The van der Waals surface area contributed by atoms with E-state index in [-0.39, 0.29) is 11.5 Å². The molecule has 162 valence electrons. The number of aliphatic hydroxyl groups excluding tert-OH is 1. The van der Waals surface area contributed by atoms with E-state index >= 15 is 0 Å². The summed E-state index contributed by atoms with van der Waals surface area (Å²) >= 11 is 0. The number of ketones is 1. The lowest BCUT2D eigenvalue weighted by Crippen LogP contribution is -2.54. The minimum atomic E-state index is -0.184. The number of hydrogen-bond acceptors (Lipinski definition) is 3. The van der Waals surface area contributed by atoms with Crippen LogP contribution < -0.4 is 4.74 Å².